The summed E-state index contributed by atoms with van der Waals surface area (Å²) in [6.45, 7) is 7.65. The molecule has 3 N–H and O–H groups in total. The van der Waals surface area contributed by atoms with Gasteiger partial charge in [-0.3, -0.25) is 9.89 Å². The van der Waals surface area contributed by atoms with Crippen LogP contribution in [0, 0.1) is 19.3 Å². The van der Waals surface area contributed by atoms with Crippen molar-refractivity contribution in [3.8, 4) is 0 Å². The maximum absolute atomic E-state index is 12.3. The van der Waals surface area contributed by atoms with Crippen LogP contribution in [0.3, 0.4) is 0 Å². The van der Waals surface area contributed by atoms with Crippen LogP contribution in [-0.2, 0) is 4.79 Å². The van der Waals surface area contributed by atoms with Gasteiger partial charge < -0.3 is 10.6 Å². The van der Waals surface area contributed by atoms with Crippen molar-refractivity contribution >= 4 is 11.7 Å². The molecule has 17 heavy (non-hydrogen) atoms. The number of rotatable bonds is 3. The van der Waals surface area contributed by atoms with Crippen LogP contribution in [0.25, 0.3) is 0 Å². The average Bonchev–Trinajstić information content (AvgIpc) is 2.92. The Bertz CT molecular complexity index is 418. The minimum Gasteiger partial charge on any atom is -0.316 e. The second kappa shape index (κ2) is 4.49. The molecule has 0 spiro atoms. The van der Waals surface area contributed by atoms with Crippen molar-refractivity contribution in [1.29, 1.82) is 0 Å². The maximum Gasteiger partial charge on any atom is 0.233 e. The van der Waals surface area contributed by atoms with E-state index in [0.717, 1.165) is 37.2 Å². The molecule has 0 radical (unpaired) electrons. The Morgan fingerprint density at radius 3 is 2.76 bits per heavy atom. The highest BCUT2D eigenvalue weighted by molar-refractivity contribution is 5.95. The van der Waals surface area contributed by atoms with Gasteiger partial charge in [0.25, 0.3) is 0 Å². The van der Waals surface area contributed by atoms with Crippen molar-refractivity contribution in [3.63, 3.8) is 0 Å². The topological polar surface area (TPSA) is 69.8 Å². The van der Waals surface area contributed by atoms with Gasteiger partial charge >= 0.3 is 0 Å². The molecule has 0 bridgehead atoms. The third kappa shape index (κ3) is 2.07. The lowest BCUT2D eigenvalue weighted by Crippen LogP contribution is -2.37. The van der Waals surface area contributed by atoms with Crippen molar-refractivity contribution in [2.45, 2.75) is 33.6 Å². The van der Waals surface area contributed by atoms with Crippen molar-refractivity contribution in [2.24, 2.45) is 5.41 Å². The van der Waals surface area contributed by atoms with Crippen molar-refractivity contribution < 1.29 is 4.79 Å². The Labute approximate surface area is 101 Å². The van der Waals surface area contributed by atoms with E-state index in [1.165, 1.54) is 0 Å². The first-order valence-electron chi connectivity index (χ1n) is 6.13. The van der Waals surface area contributed by atoms with E-state index >= 15 is 0 Å². The Hall–Kier alpha value is -1.36. The lowest BCUT2D eigenvalue weighted by Gasteiger charge is -2.24. The smallest absolute Gasteiger partial charge is 0.233 e. The van der Waals surface area contributed by atoms with Gasteiger partial charge in [-0.25, -0.2) is 0 Å². The van der Waals surface area contributed by atoms with E-state index < -0.39 is 0 Å². The molecule has 0 aliphatic carbocycles. The lowest BCUT2D eigenvalue weighted by molar-refractivity contribution is -0.124. The van der Waals surface area contributed by atoms with Gasteiger partial charge in [-0.15, -0.1) is 0 Å². The number of carbonyl (C=O) groups is 1. The van der Waals surface area contributed by atoms with E-state index in [4.69, 9.17) is 0 Å². The lowest BCUT2D eigenvalue weighted by atomic mass is 9.83. The fourth-order valence-corrected chi connectivity index (χ4v) is 2.25. The van der Waals surface area contributed by atoms with Crippen molar-refractivity contribution in [2.75, 3.05) is 18.4 Å². The van der Waals surface area contributed by atoms with E-state index in [-0.39, 0.29) is 11.3 Å². The molecule has 5 heteroatoms. The maximum atomic E-state index is 12.3. The molecule has 1 fully saturated rings. The monoisotopic (exact) mass is 236 g/mol. The van der Waals surface area contributed by atoms with Gasteiger partial charge in [0.15, 0.2) is 5.82 Å². The van der Waals surface area contributed by atoms with E-state index in [0.29, 0.717) is 5.82 Å². The molecule has 1 atom stereocenters. The molecule has 1 aliphatic heterocycles. The Morgan fingerprint density at radius 2 is 2.29 bits per heavy atom. The predicted octanol–water partition coefficient (Wildman–Crippen LogP) is 1.35. The van der Waals surface area contributed by atoms with E-state index in [9.17, 15) is 4.79 Å². The molecular weight excluding hydrogens is 216 g/mol. The molecular formula is C12H20N4O. The minimum atomic E-state index is -0.265. The zero-order valence-corrected chi connectivity index (χ0v) is 10.7. The fourth-order valence-electron chi connectivity index (χ4n) is 2.25. The van der Waals surface area contributed by atoms with Gasteiger partial charge in [-0.2, -0.15) is 5.10 Å². The number of H-pyrrole nitrogens is 1. The summed E-state index contributed by atoms with van der Waals surface area (Å²) in [5.41, 5.74) is 1.74. The largest absolute Gasteiger partial charge is 0.316 e. The molecule has 2 rings (SSSR count). The van der Waals surface area contributed by atoms with Crippen LogP contribution in [0.4, 0.5) is 5.82 Å². The first-order chi connectivity index (χ1) is 8.09. The molecule has 2 heterocycles. The molecule has 1 saturated heterocycles. The first kappa shape index (κ1) is 12.1. The summed E-state index contributed by atoms with van der Waals surface area (Å²) in [6, 6.07) is 0. The molecule has 1 amide bonds. The highest BCUT2D eigenvalue weighted by Gasteiger charge is 2.39. The van der Waals surface area contributed by atoms with Gasteiger partial charge in [0, 0.05) is 17.8 Å². The Kier molecular flexibility index (Phi) is 3.19. The number of aromatic nitrogens is 2. The quantitative estimate of drug-likeness (QED) is 0.742. The summed E-state index contributed by atoms with van der Waals surface area (Å²) in [5.74, 6) is 0.742. The molecule has 1 aliphatic rings. The van der Waals surface area contributed by atoms with Crippen molar-refractivity contribution in [1.82, 2.24) is 15.5 Å². The number of aromatic amines is 1. The fraction of sp³-hybridized carbons (Fsp3) is 0.667. The summed E-state index contributed by atoms with van der Waals surface area (Å²) in [7, 11) is 0. The third-order valence-electron chi connectivity index (χ3n) is 3.89. The summed E-state index contributed by atoms with van der Waals surface area (Å²) in [4.78, 5) is 12.3. The van der Waals surface area contributed by atoms with Crippen LogP contribution in [0.15, 0.2) is 0 Å². The number of hydrogen-bond donors (Lipinski definition) is 3. The second-order valence-corrected chi connectivity index (χ2v) is 4.84. The van der Waals surface area contributed by atoms with Crippen LogP contribution in [0.1, 0.15) is 31.0 Å². The molecule has 5 nitrogen and oxygen atoms in total. The summed E-state index contributed by atoms with van der Waals surface area (Å²) in [5, 5.41) is 13.2. The highest BCUT2D eigenvalue weighted by atomic mass is 16.2. The van der Waals surface area contributed by atoms with Crippen LogP contribution < -0.4 is 10.6 Å². The normalized spacial score (nSPS) is 23.9. The van der Waals surface area contributed by atoms with Gasteiger partial charge in [-0.1, -0.05) is 6.92 Å². The van der Waals surface area contributed by atoms with Crippen LogP contribution in [-0.4, -0.2) is 29.2 Å². The summed E-state index contributed by atoms with van der Waals surface area (Å²) >= 11 is 0. The Balaban J connectivity index is 2.13. The average molecular weight is 236 g/mol. The molecule has 1 unspecified atom stereocenters. The molecule has 94 valence electrons. The third-order valence-corrected chi connectivity index (χ3v) is 3.89. The number of nitrogens with zero attached hydrogens (tertiary/aromatic N) is 1. The number of anilines is 1. The summed E-state index contributed by atoms with van der Waals surface area (Å²) in [6.07, 6.45) is 1.76. The SMILES string of the molecule is CCC1(C(=O)Nc2n[nH]c(C)c2C)CCNC1. The van der Waals surface area contributed by atoms with E-state index in [1.54, 1.807) is 0 Å². The van der Waals surface area contributed by atoms with Crippen LogP contribution >= 0.6 is 0 Å². The Morgan fingerprint density at radius 1 is 1.53 bits per heavy atom. The predicted molar refractivity (Wildman–Crippen MR) is 66.9 cm³/mol. The van der Waals surface area contributed by atoms with Crippen molar-refractivity contribution in [3.05, 3.63) is 11.3 Å². The van der Waals surface area contributed by atoms with E-state index in [2.05, 4.69) is 27.8 Å². The summed E-state index contributed by atoms with van der Waals surface area (Å²) < 4.78 is 0. The highest BCUT2D eigenvalue weighted by Crippen LogP contribution is 2.31. The molecule has 1 aromatic rings. The molecule has 0 saturated carbocycles. The van der Waals surface area contributed by atoms with Crippen LogP contribution in [0.2, 0.25) is 0 Å². The molecule has 0 aromatic carbocycles. The van der Waals surface area contributed by atoms with Gasteiger partial charge in [-0.05, 0) is 33.2 Å². The number of hydrogen-bond acceptors (Lipinski definition) is 3. The van der Waals surface area contributed by atoms with Gasteiger partial charge in [0.2, 0.25) is 5.91 Å². The number of aryl methyl sites for hydroxylation is 1. The molecule has 1 aromatic heterocycles. The number of nitrogens with one attached hydrogen (secondary N) is 3. The van der Waals surface area contributed by atoms with Gasteiger partial charge in [0.1, 0.15) is 0 Å². The second-order valence-electron chi connectivity index (χ2n) is 4.84. The van der Waals surface area contributed by atoms with Crippen LogP contribution in [0.5, 0.6) is 0 Å². The number of amides is 1. The first-order valence-corrected chi connectivity index (χ1v) is 6.13. The zero-order valence-electron chi connectivity index (χ0n) is 10.7. The minimum absolute atomic E-state index is 0.0830. The standard InChI is InChI=1S/C12H20N4O/c1-4-12(5-6-13-7-12)11(17)14-10-8(2)9(3)15-16-10/h13H,4-7H2,1-3H3,(H2,14,15,16,17). The number of carbonyl (C=O) groups excluding carboxylic acids is 1. The van der Waals surface area contributed by atoms with Gasteiger partial charge in [0.05, 0.1) is 5.41 Å². The van der Waals surface area contributed by atoms with E-state index in [1.807, 2.05) is 13.8 Å². The zero-order chi connectivity index (χ0) is 12.5.